The molecule has 0 radical (unpaired) electrons. The minimum Gasteiger partial charge on any atom is -0.464 e. The summed E-state index contributed by atoms with van der Waals surface area (Å²) in [4.78, 5) is 17.0. The highest BCUT2D eigenvalue weighted by molar-refractivity contribution is 5.79. The van der Waals surface area contributed by atoms with Crippen molar-refractivity contribution in [2.45, 2.75) is 38.9 Å². The van der Waals surface area contributed by atoms with Crippen LogP contribution in [0.5, 0.6) is 0 Å². The molecule has 1 aromatic carbocycles. The number of carbonyl (C=O) groups is 1. The lowest BCUT2D eigenvalue weighted by Gasteiger charge is -2.26. The smallest absolute Gasteiger partial charge is 0.237 e. The third kappa shape index (κ3) is 5.07. The first-order chi connectivity index (χ1) is 12.2. The molecule has 0 saturated heterocycles. The summed E-state index contributed by atoms with van der Waals surface area (Å²) in [5.41, 5.74) is 1.21. The zero-order valence-corrected chi connectivity index (χ0v) is 14.9. The van der Waals surface area contributed by atoms with Gasteiger partial charge in [-0.05, 0) is 37.5 Å². The third-order valence-corrected chi connectivity index (χ3v) is 4.43. The van der Waals surface area contributed by atoms with Crippen molar-refractivity contribution < 1.29 is 9.21 Å². The lowest BCUT2D eigenvalue weighted by atomic mass is 10.2. The van der Waals surface area contributed by atoms with Crippen molar-refractivity contribution in [3.05, 3.63) is 72.2 Å². The van der Waals surface area contributed by atoms with E-state index in [0.29, 0.717) is 25.7 Å². The lowest BCUT2D eigenvalue weighted by Crippen LogP contribution is -2.41. The molecule has 1 aromatic heterocycles. The molecule has 25 heavy (non-hydrogen) atoms. The number of rotatable bonds is 9. The fraction of sp³-hybridized carbons (Fsp3) is 0.381. The van der Waals surface area contributed by atoms with E-state index in [4.69, 9.17) is 4.42 Å². The molecule has 0 unspecified atom stereocenters. The maximum atomic E-state index is 12.9. The predicted molar refractivity (Wildman–Crippen MR) is 98.9 cm³/mol. The average molecular weight is 338 g/mol. The summed E-state index contributed by atoms with van der Waals surface area (Å²) in [6, 6.07) is 14.5. The molecule has 0 atom stereocenters. The van der Waals surface area contributed by atoms with Crippen LogP contribution in [0.3, 0.4) is 0 Å². The van der Waals surface area contributed by atoms with Crippen LogP contribution in [-0.4, -0.2) is 34.8 Å². The number of furan rings is 1. The number of benzene rings is 1. The maximum Gasteiger partial charge on any atom is 0.237 e. The van der Waals surface area contributed by atoms with Crippen molar-refractivity contribution in [3.8, 4) is 0 Å². The second-order valence-electron chi connectivity index (χ2n) is 6.71. The summed E-state index contributed by atoms with van der Waals surface area (Å²) in [7, 11) is 0. The van der Waals surface area contributed by atoms with E-state index in [1.54, 1.807) is 0 Å². The van der Waals surface area contributed by atoms with Crippen LogP contribution < -0.4 is 0 Å². The first-order valence-corrected chi connectivity index (χ1v) is 8.87. The Bertz CT molecular complexity index is 704. The van der Waals surface area contributed by atoms with Gasteiger partial charge in [-0.25, -0.2) is 0 Å². The third-order valence-electron chi connectivity index (χ3n) is 4.43. The molecule has 3 rings (SSSR count). The molecule has 0 bridgehead atoms. The van der Waals surface area contributed by atoms with Gasteiger partial charge in [-0.15, -0.1) is 6.58 Å². The summed E-state index contributed by atoms with van der Waals surface area (Å²) in [5, 5.41) is 0. The SMILES string of the molecule is C=CCN(CC(=O)N(Cc1ccc(C)o1)C1CC1)Cc1ccccc1. The Balaban J connectivity index is 1.64. The van der Waals surface area contributed by atoms with E-state index in [-0.39, 0.29) is 5.91 Å². The van der Waals surface area contributed by atoms with Gasteiger partial charge in [0.2, 0.25) is 5.91 Å². The topological polar surface area (TPSA) is 36.7 Å². The molecule has 1 amide bonds. The minimum atomic E-state index is 0.161. The Morgan fingerprint density at radius 3 is 2.56 bits per heavy atom. The van der Waals surface area contributed by atoms with Gasteiger partial charge in [0.25, 0.3) is 0 Å². The Hall–Kier alpha value is -2.33. The van der Waals surface area contributed by atoms with E-state index in [9.17, 15) is 4.79 Å². The van der Waals surface area contributed by atoms with E-state index in [1.165, 1.54) is 5.56 Å². The average Bonchev–Trinajstić information content (AvgIpc) is 3.35. The van der Waals surface area contributed by atoms with E-state index >= 15 is 0 Å². The molecule has 1 fully saturated rings. The number of nitrogens with zero attached hydrogens (tertiary/aromatic N) is 2. The lowest BCUT2D eigenvalue weighted by molar-refractivity contribution is -0.133. The standard InChI is InChI=1S/C21H26N2O2/c1-3-13-22(14-18-7-5-4-6-8-18)16-21(24)23(19-10-11-19)15-20-12-9-17(2)25-20/h3-9,12,19H,1,10-11,13-16H2,2H3. The van der Waals surface area contributed by atoms with Crippen LogP contribution in [-0.2, 0) is 17.9 Å². The molecular formula is C21H26N2O2. The monoisotopic (exact) mass is 338 g/mol. The number of amides is 1. The zero-order chi connectivity index (χ0) is 17.6. The van der Waals surface area contributed by atoms with Gasteiger partial charge in [-0.1, -0.05) is 36.4 Å². The van der Waals surface area contributed by atoms with Gasteiger partial charge in [-0.2, -0.15) is 0 Å². The molecule has 4 nitrogen and oxygen atoms in total. The molecule has 1 aliphatic carbocycles. The second-order valence-corrected chi connectivity index (χ2v) is 6.71. The highest BCUT2D eigenvalue weighted by Crippen LogP contribution is 2.29. The van der Waals surface area contributed by atoms with Gasteiger partial charge in [0.1, 0.15) is 11.5 Å². The first kappa shape index (κ1) is 17.5. The molecule has 0 spiro atoms. The van der Waals surface area contributed by atoms with Gasteiger partial charge >= 0.3 is 0 Å². The molecule has 4 heteroatoms. The van der Waals surface area contributed by atoms with Crippen LogP contribution in [0.1, 0.15) is 29.9 Å². The summed E-state index contributed by atoms with van der Waals surface area (Å²) in [6.45, 7) is 8.16. The molecule has 0 N–H and O–H groups in total. The summed E-state index contributed by atoms with van der Waals surface area (Å²) >= 11 is 0. The Labute approximate surface area is 149 Å². The maximum absolute atomic E-state index is 12.9. The number of aryl methyl sites for hydroxylation is 1. The Kier molecular flexibility index (Phi) is 5.71. The first-order valence-electron chi connectivity index (χ1n) is 8.87. The molecular weight excluding hydrogens is 312 g/mol. The largest absolute Gasteiger partial charge is 0.464 e. The zero-order valence-electron chi connectivity index (χ0n) is 14.9. The fourth-order valence-corrected chi connectivity index (χ4v) is 3.04. The van der Waals surface area contributed by atoms with Gasteiger partial charge in [-0.3, -0.25) is 9.69 Å². The van der Waals surface area contributed by atoms with E-state index < -0.39 is 0 Å². The number of hydrogen-bond acceptors (Lipinski definition) is 3. The molecule has 2 aromatic rings. The fourth-order valence-electron chi connectivity index (χ4n) is 3.04. The number of hydrogen-bond donors (Lipinski definition) is 0. The van der Waals surface area contributed by atoms with Crippen LogP contribution >= 0.6 is 0 Å². The van der Waals surface area contributed by atoms with Crippen molar-refractivity contribution in [1.29, 1.82) is 0 Å². The van der Waals surface area contributed by atoms with Gasteiger partial charge < -0.3 is 9.32 Å². The Morgan fingerprint density at radius 1 is 1.20 bits per heavy atom. The van der Waals surface area contributed by atoms with Gasteiger partial charge in [0, 0.05) is 19.1 Å². The van der Waals surface area contributed by atoms with E-state index in [1.807, 2.05) is 48.2 Å². The van der Waals surface area contributed by atoms with Gasteiger partial charge in [0.05, 0.1) is 13.1 Å². The summed E-state index contributed by atoms with van der Waals surface area (Å²) in [5.74, 6) is 1.90. The number of carbonyl (C=O) groups excluding carboxylic acids is 1. The molecule has 132 valence electrons. The van der Waals surface area contributed by atoms with Crippen LogP contribution in [0.2, 0.25) is 0 Å². The highest BCUT2D eigenvalue weighted by atomic mass is 16.3. The van der Waals surface area contributed by atoms with Crippen molar-refractivity contribution in [2.24, 2.45) is 0 Å². The summed E-state index contributed by atoms with van der Waals surface area (Å²) < 4.78 is 5.67. The van der Waals surface area contributed by atoms with E-state index in [0.717, 1.165) is 30.9 Å². The van der Waals surface area contributed by atoms with E-state index in [2.05, 4.69) is 23.6 Å². The van der Waals surface area contributed by atoms with Crippen molar-refractivity contribution in [3.63, 3.8) is 0 Å². The molecule has 0 aliphatic heterocycles. The van der Waals surface area contributed by atoms with Crippen molar-refractivity contribution in [2.75, 3.05) is 13.1 Å². The highest BCUT2D eigenvalue weighted by Gasteiger charge is 2.33. The Morgan fingerprint density at radius 2 is 1.96 bits per heavy atom. The van der Waals surface area contributed by atoms with Crippen molar-refractivity contribution in [1.82, 2.24) is 9.80 Å². The molecule has 1 saturated carbocycles. The van der Waals surface area contributed by atoms with Crippen molar-refractivity contribution >= 4 is 5.91 Å². The second kappa shape index (κ2) is 8.17. The van der Waals surface area contributed by atoms with Gasteiger partial charge in [0.15, 0.2) is 0 Å². The minimum absolute atomic E-state index is 0.161. The van der Waals surface area contributed by atoms with Crippen LogP contribution in [0.4, 0.5) is 0 Å². The van der Waals surface area contributed by atoms with Crippen LogP contribution in [0, 0.1) is 6.92 Å². The van der Waals surface area contributed by atoms with Crippen LogP contribution in [0.15, 0.2) is 59.5 Å². The quantitative estimate of drug-likeness (QED) is 0.653. The normalized spacial score (nSPS) is 13.8. The predicted octanol–water partition coefficient (Wildman–Crippen LogP) is 3.77. The molecule has 1 aliphatic rings. The summed E-state index contributed by atoms with van der Waals surface area (Å²) in [6.07, 6.45) is 4.03. The van der Waals surface area contributed by atoms with Crippen LogP contribution in [0.25, 0.3) is 0 Å². The molecule has 1 heterocycles.